The minimum atomic E-state index is -2.69. The topological polar surface area (TPSA) is 77.1 Å². The Morgan fingerprint density at radius 2 is 2.21 bits per heavy atom. The monoisotopic (exact) mass is 433 g/mol. The largest absolute Gasteiger partial charge is 0.444 e. The summed E-state index contributed by atoms with van der Waals surface area (Å²) >= 11 is 5.79. The lowest BCUT2D eigenvalue weighted by atomic mass is 9.95. The number of amides is 2. The second kappa shape index (κ2) is 10.2. The van der Waals surface area contributed by atoms with Gasteiger partial charge in [0.25, 0.3) is 0 Å². The van der Waals surface area contributed by atoms with Gasteiger partial charge in [0.05, 0.1) is 21.8 Å². The van der Waals surface area contributed by atoms with Crippen LogP contribution in [0.5, 0.6) is 0 Å². The predicted molar refractivity (Wildman–Crippen MR) is 106 cm³/mol. The maximum absolute atomic E-state index is 14.1. The van der Waals surface area contributed by atoms with E-state index in [1.165, 1.54) is 17.0 Å². The van der Waals surface area contributed by atoms with E-state index in [1.54, 1.807) is 26.8 Å². The van der Waals surface area contributed by atoms with Crippen molar-refractivity contribution in [1.82, 2.24) is 10.2 Å². The van der Waals surface area contributed by atoms with Crippen molar-refractivity contribution < 1.29 is 32.3 Å². The molecule has 1 N–H and O–H groups in total. The number of nitrogens with zero attached hydrogens (tertiary/aromatic N) is 1. The van der Waals surface area contributed by atoms with Gasteiger partial charge in [-0.2, -0.15) is 0 Å². The molecule has 0 spiro atoms. The molecule has 0 radical (unpaired) electrons. The maximum atomic E-state index is 14.1. The smallest absolute Gasteiger partial charge is 0.410 e. The number of rotatable bonds is 5. The number of carbonyl (C=O) groups excluding carboxylic acids is 2. The summed E-state index contributed by atoms with van der Waals surface area (Å²) in [5.74, 6) is -1.74. The van der Waals surface area contributed by atoms with Crippen LogP contribution in [0.25, 0.3) is 0 Å². The third-order valence-electron chi connectivity index (χ3n) is 4.23. The van der Waals surface area contributed by atoms with Gasteiger partial charge in [-0.3, -0.25) is 4.79 Å². The van der Waals surface area contributed by atoms with Gasteiger partial charge in [-0.15, -0.1) is 0 Å². The molecule has 1 aromatic rings. The van der Waals surface area contributed by atoms with Crippen molar-refractivity contribution in [2.45, 2.75) is 32.5 Å². The van der Waals surface area contributed by atoms with Gasteiger partial charge in [0.15, 0.2) is 0 Å². The number of methoxy groups -OCH3 is 1. The first-order valence-electron chi connectivity index (χ1n) is 10.7. The quantitative estimate of drug-likeness (QED) is 0.771. The third-order valence-corrected chi connectivity index (χ3v) is 4.54. The Morgan fingerprint density at radius 3 is 2.86 bits per heavy atom. The van der Waals surface area contributed by atoms with Crippen LogP contribution < -0.4 is 5.32 Å². The second-order valence-corrected chi connectivity index (χ2v) is 8.15. The number of ether oxygens (including phenoxy) is 3. The molecule has 0 bridgehead atoms. The van der Waals surface area contributed by atoms with Gasteiger partial charge < -0.3 is 24.4 Å². The average Bonchev–Trinajstić information content (AvgIpc) is 2.88. The standard InChI is InChI=1S/C20H28ClFN2O5/c1-20(2,3)29-19(26)24-7-8-28-18(13-5-6-15(21)16(22)9-13)14(11-24)10-23-17(25)12-27-4/h5-6,9,14,18H,7-8,10-12H2,1-4H3,(H,23,25)/t14-,18+/m1/s1/i4D3. The highest BCUT2D eigenvalue weighted by molar-refractivity contribution is 6.30. The maximum Gasteiger partial charge on any atom is 0.410 e. The molecule has 0 aromatic heterocycles. The van der Waals surface area contributed by atoms with Crippen molar-refractivity contribution in [3.63, 3.8) is 0 Å². The minimum Gasteiger partial charge on any atom is -0.444 e. The summed E-state index contributed by atoms with van der Waals surface area (Å²) in [5.41, 5.74) is -0.199. The molecule has 0 unspecified atom stereocenters. The molecule has 2 rings (SSSR count). The van der Waals surface area contributed by atoms with E-state index in [-0.39, 0.29) is 31.3 Å². The molecule has 1 aliphatic rings. The molecule has 1 fully saturated rings. The Kier molecular flexibility index (Phi) is 6.73. The molecule has 2 amide bonds. The first-order valence-corrected chi connectivity index (χ1v) is 9.58. The molecular weight excluding hydrogens is 403 g/mol. The number of benzene rings is 1. The van der Waals surface area contributed by atoms with E-state index in [1.807, 2.05) is 0 Å². The SMILES string of the molecule is [2H]C([2H])([2H])OCC(=O)NC[C@@H]1CN(C(=O)OC(C)(C)C)CCO[C@H]1c1ccc(Cl)c(F)c1. The summed E-state index contributed by atoms with van der Waals surface area (Å²) in [6.07, 6.45) is -1.19. The Labute approximate surface area is 179 Å². The lowest BCUT2D eigenvalue weighted by Gasteiger charge is -2.30. The molecule has 1 saturated heterocycles. The van der Waals surface area contributed by atoms with Crippen molar-refractivity contribution in [2.75, 3.05) is 39.9 Å². The van der Waals surface area contributed by atoms with E-state index in [0.717, 1.165) is 0 Å². The molecule has 0 saturated carbocycles. The van der Waals surface area contributed by atoms with Crippen molar-refractivity contribution in [1.29, 1.82) is 0 Å². The Morgan fingerprint density at radius 1 is 1.45 bits per heavy atom. The van der Waals surface area contributed by atoms with Gasteiger partial charge >= 0.3 is 6.09 Å². The molecular formula is C20H28ClFN2O5. The molecule has 0 aliphatic carbocycles. The summed E-state index contributed by atoms with van der Waals surface area (Å²) in [6.45, 7) is 5.19. The van der Waals surface area contributed by atoms with Crippen LogP contribution in [0.3, 0.4) is 0 Å². The first-order chi connectivity index (χ1) is 14.7. The summed E-state index contributed by atoms with van der Waals surface area (Å²) in [6, 6.07) is 4.28. The van der Waals surface area contributed by atoms with Crippen LogP contribution in [0.2, 0.25) is 5.02 Å². The van der Waals surface area contributed by atoms with Crippen LogP contribution in [0.15, 0.2) is 18.2 Å². The zero-order valence-electron chi connectivity index (χ0n) is 19.7. The summed E-state index contributed by atoms with van der Waals surface area (Å²) in [4.78, 5) is 26.1. The van der Waals surface area contributed by atoms with Gasteiger partial charge in [0, 0.05) is 32.6 Å². The van der Waals surface area contributed by atoms with Crippen LogP contribution in [0, 0.1) is 11.7 Å². The van der Waals surface area contributed by atoms with Crippen LogP contribution >= 0.6 is 11.6 Å². The summed E-state index contributed by atoms with van der Waals surface area (Å²) in [7, 11) is -2.69. The molecule has 9 heteroatoms. The molecule has 2 atom stereocenters. The van der Waals surface area contributed by atoms with Gasteiger partial charge in [-0.05, 0) is 38.5 Å². The Bertz CT molecular complexity index is 819. The zero-order chi connectivity index (χ0) is 24.1. The van der Waals surface area contributed by atoms with E-state index in [9.17, 15) is 14.0 Å². The van der Waals surface area contributed by atoms with Gasteiger partial charge in [-0.1, -0.05) is 17.7 Å². The molecule has 1 aromatic carbocycles. The highest BCUT2D eigenvalue weighted by Crippen LogP contribution is 2.31. The van der Waals surface area contributed by atoms with Crippen molar-refractivity contribution in [3.05, 3.63) is 34.6 Å². The van der Waals surface area contributed by atoms with Crippen LogP contribution in [0.4, 0.5) is 9.18 Å². The van der Waals surface area contributed by atoms with E-state index in [0.29, 0.717) is 5.56 Å². The molecule has 29 heavy (non-hydrogen) atoms. The van der Waals surface area contributed by atoms with Crippen LogP contribution in [-0.4, -0.2) is 62.4 Å². The normalized spacial score (nSPS) is 22.1. The molecule has 7 nitrogen and oxygen atoms in total. The number of hydrogen-bond donors (Lipinski definition) is 1. The predicted octanol–water partition coefficient (Wildman–Crippen LogP) is 3.17. The number of hydrogen-bond acceptors (Lipinski definition) is 5. The molecule has 1 heterocycles. The lowest BCUT2D eigenvalue weighted by molar-refractivity contribution is -0.125. The molecule has 1 aliphatic heterocycles. The van der Waals surface area contributed by atoms with Crippen molar-refractivity contribution >= 4 is 23.6 Å². The number of carbonyl (C=O) groups is 2. The van der Waals surface area contributed by atoms with Crippen molar-refractivity contribution in [2.24, 2.45) is 5.92 Å². The number of halogens is 2. The average molecular weight is 434 g/mol. The van der Waals surface area contributed by atoms with Crippen LogP contribution in [-0.2, 0) is 19.0 Å². The van der Waals surface area contributed by atoms with E-state index in [2.05, 4.69) is 10.1 Å². The highest BCUT2D eigenvalue weighted by Gasteiger charge is 2.33. The third kappa shape index (κ3) is 7.13. The second-order valence-electron chi connectivity index (χ2n) is 7.74. The van der Waals surface area contributed by atoms with Crippen molar-refractivity contribution in [3.8, 4) is 0 Å². The fourth-order valence-electron chi connectivity index (χ4n) is 2.98. The summed E-state index contributed by atoms with van der Waals surface area (Å²) in [5, 5.41) is 2.56. The van der Waals surface area contributed by atoms with Gasteiger partial charge in [-0.25, -0.2) is 9.18 Å². The van der Waals surface area contributed by atoms with Gasteiger partial charge in [0.1, 0.15) is 18.0 Å². The Hall–Kier alpha value is -1.90. The summed E-state index contributed by atoms with van der Waals surface area (Å²) < 4.78 is 51.0. The lowest BCUT2D eigenvalue weighted by Crippen LogP contribution is -2.43. The first kappa shape index (κ1) is 19.1. The van der Waals surface area contributed by atoms with E-state index < -0.39 is 49.1 Å². The number of nitrogens with one attached hydrogen (secondary N) is 1. The zero-order valence-corrected chi connectivity index (χ0v) is 17.4. The highest BCUT2D eigenvalue weighted by atomic mass is 35.5. The van der Waals surface area contributed by atoms with E-state index in [4.69, 9.17) is 25.2 Å². The molecule has 162 valence electrons. The van der Waals surface area contributed by atoms with E-state index >= 15 is 0 Å². The fraction of sp³-hybridized carbons (Fsp3) is 0.600. The Balaban J connectivity index is 2.18. The fourth-order valence-corrected chi connectivity index (χ4v) is 3.10. The minimum absolute atomic E-state index is 0.0252. The van der Waals surface area contributed by atoms with Gasteiger partial charge in [0.2, 0.25) is 5.91 Å². The van der Waals surface area contributed by atoms with Crippen LogP contribution in [0.1, 0.15) is 36.6 Å².